The van der Waals surface area contributed by atoms with Crippen molar-refractivity contribution in [2.45, 2.75) is 56.9 Å². The molecule has 1 fully saturated rings. The largest absolute Gasteiger partial charge is 0.354 e. The first-order valence-corrected chi connectivity index (χ1v) is 12.2. The number of piperidine rings is 1. The Bertz CT molecular complexity index is 919. The zero-order valence-electron chi connectivity index (χ0n) is 17.9. The Balaban J connectivity index is 1.42. The van der Waals surface area contributed by atoms with Gasteiger partial charge in [-0.05, 0) is 63.1 Å². The molecular weight excluding hydrogens is 396 g/mol. The van der Waals surface area contributed by atoms with Crippen molar-refractivity contribution in [2.24, 2.45) is 5.92 Å². The van der Waals surface area contributed by atoms with E-state index in [1.807, 2.05) is 44.2 Å². The van der Waals surface area contributed by atoms with E-state index in [1.165, 1.54) is 5.56 Å². The molecule has 5 nitrogen and oxygen atoms in total. The molecule has 0 aliphatic carbocycles. The average molecular weight is 429 g/mol. The Morgan fingerprint density at radius 1 is 1.07 bits per heavy atom. The highest BCUT2D eigenvalue weighted by molar-refractivity contribution is 7.89. The van der Waals surface area contributed by atoms with Gasteiger partial charge in [0.2, 0.25) is 15.9 Å². The lowest BCUT2D eigenvalue weighted by molar-refractivity contribution is -0.122. The minimum Gasteiger partial charge on any atom is -0.354 e. The van der Waals surface area contributed by atoms with Crippen LogP contribution in [0, 0.1) is 12.8 Å². The first kappa shape index (κ1) is 22.5. The van der Waals surface area contributed by atoms with Crippen LogP contribution in [0.3, 0.4) is 0 Å². The maximum atomic E-state index is 12.8. The van der Waals surface area contributed by atoms with E-state index in [-0.39, 0.29) is 17.9 Å². The zero-order chi connectivity index (χ0) is 21.6. The number of carbonyl (C=O) groups is 1. The second-order valence-corrected chi connectivity index (χ2v) is 10.3. The van der Waals surface area contributed by atoms with E-state index in [0.29, 0.717) is 24.4 Å². The molecule has 1 unspecified atom stereocenters. The highest BCUT2D eigenvalue weighted by Gasteiger charge is 2.30. The second kappa shape index (κ2) is 10.2. The number of carbonyl (C=O) groups excluding carboxylic acids is 1. The number of nitrogens with one attached hydrogen (secondary N) is 1. The van der Waals surface area contributed by atoms with Gasteiger partial charge in [0.1, 0.15) is 0 Å². The highest BCUT2D eigenvalue weighted by atomic mass is 32.2. The van der Waals surface area contributed by atoms with Gasteiger partial charge in [0, 0.05) is 25.6 Å². The van der Waals surface area contributed by atoms with E-state index in [9.17, 15) is 13.2 Å². The summed E-state index contributed by atoms with van der Waals surface area (Å²) >= 11 is 0. The molecule has 1 saturated heterocycles. The third-order valence-corrected chi connectivity index (χ3v) is 7.74. The number of hydrogen-bond donors (Lipinski definition) is 1. The first-order chi connectivity index (χ1) is 14.3. The molecule has 0 radical (unpaired) electrons. The van der Waals surface area contributed by atoms with Gasteiger partial charge in [-0.1, -0.05) is 48.0 Å². The van der Waals surface area contributed by atoms with Crippen LogP contribution in [-0.4, -0.2) is 37.8 Å². The lowest BCUT2D eigenvalue weighted by Gasteiger charge is -2.31. The van der Waals surface area contributed by atoms with E-state index in [1.54, 1.807) is 16.4 Å². The summed E-state index contributed by atoms with van der Waals surface area (Å²) in [5.74, 6) is 0.297. The molecule has 0 saturated carbocycles. The monoisotopic (exact) mass is 428 g/mol. The predicted octanol–water partition coefficient (Wildman–Crippen LogP) is 3.92. The van der Waals surface area contributed by atoms with Crippen molar-refractivity contribution in [3.8, 4) is 0 Å². The molecule has 1 aliphatic heterocycles. The van der Waals surface area contributed by atoms with Crippen LogP contribution in [0.1, 0.15) is 43.7 Å². The molecular formula is C24H32N2O3S. The summed E-state index contributed by atoms with van der Waals surface area (Å²) in [6, 6.07) is 17.4. The third kappa shape index (κ3) is 6.16. The number of sulfonamides is 1. The lowest BCUT2D eigenvalue weighted by Crippen LogP contribution is -2.40. The van der Waals surface area contributed by atoms with Gasteiger partial charge in [0.05, 0.1) is 4.90 Å². The van der Waals surface area contributed by atoms with Crippen LogP contribution in [0.15, 0.2) is 59.5 Å². The van der Waals surface area contributed by atoms with Crippen molar-refractivity contribution >= 4 is 15.9 Å². The standard InChI is InChI=1S/C24H32N2O3S/c1-19-8-12-23(13-9-19)30(28,29)26-16-14-22(15-17-26)18-24(27)25-20(2)10-11-21-6-4-3-5-7-21/h3-9,12-13,20,22H,10-11,14-18H2,1-2H3,(H,25,27). The first-order valence-electron chi connectivity index (χ1n) is 10.7. The molecule has 0 bridgehead atoms. The number of aryl methyl sites for hydroxylation is 2. The lowest BCUT2D eigenvalue weighted by atomic mass is 9.94. The zero-order valence-corrected chi connectivity index (χ0v) is 18.7. The number of benzene rings is 2. The van der Waals surface area contributed by atoms with Crippen LogP contribution in [0.25, 0.3) is 0 Å². The van der Waals surface area contributed by atoms with Crippen LogP contribution in [0.5, 0.6) is 0 Å². The second-order valence-electron chi connectivity index (χ2n) is 8.36. The minimum atomic E-state index is -3.45. The summed E-state index contributed by atoms with van der Waals surface area (Å²) in [6.07, 6.45) is 3.75. The minimum absolute atomic E-state index is 0.0652. The molecule has 2 aromatic rings. The maximum Gasteiger partial charge on any atom is 0.243 e. The molecule has 1 aliphatic rings. The highest BCUT2D eigenvalue weighted by Crippen LogP contribution is 2.26. The molecule has 0 aromatic heterocycles. The SMILES string of the molecule is Cc1ccc(S(=O)(=O)N2CCC(CC(=O)NC(C)CCc3ccccc3)CC2)cc1. The van der Waals surface area contributed by atoms with E-state index < -0.39 is 10.0 Å². The molecule has 1 amide bonds. The van der Waals surface area contributed by atoms with Crippen molar-refractivity contribution in [1.29, 1.82) is 0 Å². The van der Waals surface area contributed by atoms with Gasteiger partial charge in [0.25, 0.3) is 0 Å². The van der Waals surface area contributed by atoms with Gasteiger partial charge in [-0.2, -0.15) is 4.31 Å². The van der Waals surface area contributed by atoms with Gasteiger partial charge in [0.15, 0.2) is 0 Å². The van der Waals surface area contributed by atoms with Crippen molar-refractivity contribution in [2.75, 3.05) is 13.1 Å². The third-order valence-electron chi connectivity index (χ3n) is 5.82. The fourth-order valence-electron chi connectivity index (χ4n) is 3.91. The molecule has 2 aromatic carbocycles. The van der Waals surface area contributed by atoms with Crippen molar-refractivity contribution in [1.82, 2.24) is 9.62 Å². The summed E-state index contributed by atoms with van der Waals surface area (Å²) < 4.78 is 27.2. The molecule has 1 heterocycles. The Labute approximate surface area is 180 Å². The molecule has 3 rings (SSSR count). The Hall–Kier alpha value is -2.18. The van der Waals surface area contributed by atoms with Crippen molar-refractivity contribution in [3.05, 3.63) is 65.7 Å². The van der Waals surface area contributed by atoms with Gasteiger partial charge >= 0.3 is 0 Å². The van der Waals surface area contributed by atoms with Crippen LogP contribution < -0.4 is 5.32 Å². The Kier molecular flexibility index (Phi) is 7.67. The van der Waals surface area contributed by atoms with E-state index >= 15 is 0 Å². The number of amides is 1. The van der Waals surface area contributed by atoms with Crippen LogP contribution >= 0.6 is 0 Å². The number of nitrogens with zero attached hydrogens (tertiary/aromatic N) is 1. The van der Waals surface area contributed by atoms with Gasteiger partial charge in [-0.25, -0.2) is 8.42 Å². The van der Waals surface area contributed by atoms with Crippen LogP contribution in [-0.2, 0) is 21.2 Å². The smallest absolute Gasteiger partial charge is 0.243 e. The van der Waals surface area contributed by atoms with Gasteiger partial charge in [-0.15, -0.1) is 0 Å². The summed E-state index contributed by atoms with van der Waals surface area (Å²) in [5, 5.41) is 3.10. The summed E-state index contributed by atoms with van der Waals surface area (Å²) in [5.41, 5.74) is 2.32. The average Bonchev–Trinajstić information content (AvgIpc) is 2.73. The van der Waals surface area contributed by atoms with E-state index in [2.05, 4.69) is 17.4 Å². The van der Waals surface area contributed by atoms with Crippen molar-refractivity contribution < 1.29 is 13.2 Å². The summed E-state index contributed by atoms with van der Waals surface area (Å²) in [7, 11) is -3.45. The number of hydrogen-bond acceptors (Lipinski definition) is 3. The predicted molar refractivity (Wildman–Crippen MR) is 120 cm³/mol. The Morgan fingerprint density at radius 3 is 2.33 bits per heavy atom. The van der Waals surface area contributed by atoms with Crippen LogP contribution in [0.4, 0.5) is 0 Å². The van der Waals surface area contributed by atoms with E-state index in [0.717, 1.165) is 31.2 Å². The topological polar surface area (TPSA) is 66.5 Å². The van der Waals surface area contributed by atoms with Crippen molar-refractivity contribution in [3.63, 3.8) is 0 Å². The summed E-state index contributed by atoms with van der Waals surface area (Å²) in [6.45, 7) is 4.92. The van der Waals surface area contributed by atoms with Gasteiger partial charge in [-0.3, -0.25) is 4.79 Å². The molecule has 6 heteroatoms. The fraction of sp³-hybridized carbons (Fsp3) is 0.458. The van der Waals surface area contributed by atoms with Gasteiger partial charge < -0.3 is 5.32 Å². The molecule has 162 valence electrons. The summed E-state index contributed by atoms with van der Waals surface area (Å²) in [4.78, 5) is 12.8. The van der Waals surface area contributed by atoms with E-state index in [4.69, 9.17) is 0 Å². The van der Waals surface area contributed by atoms with Crippen LogP contribution in [0.2, 0.25) is 0 Å². The maximum absolute atomic E-state index is 12.8. The molecule has 30 heavy (non-hydrogen) atoms. The molecule has 0 spiro atoms. The molecule has 1 atom stereocenters. The Morgan fingerprint density at radius 2 is 1.70 bits per heavy atom. The molecule has 1 N–H and O–H groups in total. The quantitative estimate of drug-likeness (QED) is 0.693. The number of rotatable bonds is 8. The fourth-order valence-corrected chi connectivity index (χ4v) is 5.38. The normalized spacial score (nSPS) is 16.9.